The lowest BCUT2D eigenvalue weighted by molar-refractivity contribution is -0.127. The fourth-order valence-electron chi connectivity index (χ4n) is 1.32. The van der Waals surface area contributed by atoms with E-state index >= 15 is 0 Å². The predicted octanol–water partition coefficient (Wildman–Crippen LogP) is -0.993. The highest BCUT2D eigenvalue weighted by atomic mass is 16.4. The van der Waals surface area contributed by atoms with Gasteiger partial charge in [-0.15, -0.1) is 5.10 Å². The Labute approximate surface area is 115 Å². The molecule has 0 atom stereocenters. The molecule has 0 aliphatic rings. The fraction of sp³-hybridized carbons (Fsp3) is 0.545. The maximum absolute atomic E-state index is 11.5. The molecule has 1 rings (SSSR count). The second-order valence-electron chi connectivity index (χ2n) is 5.18. The van der Waals surface area contributed by atoms with Crippen molar-refractivity contribution in [3.05, 3.63) is 11.9 Å². The molecule has 20 heavy (non-hydrogen) atoms. The van der Waals surface area contributed by atoms with Crippen molar-refractivity contribution < 1.29 is 19.5 Å². The van der Waals surface area contributed by atoms with Gasteiger partial charge < -0.3 is 15.7 Å². The average molecular weight is 283 g/mol. The van der Waals surface area contributed by atoms with Gasteiger partial charge in [-0.05, 0) is 20.8 Å². The Hall–Kier alpha value is -2.45. The first-order valence-corrected chi connectivity index (χ1v) is 5.88. The summed E-state index contributed by atoms with van der Waals surface area (Å²) in [5.41, 5.74) is -0.618. The molecule has 110 valence electrons. The third-order valence-corrected chi connectivity index (χ3v) is 2.02. The van der Waals surface area contributed by atoms with Gasteiger partial charge in [0.25, 0.3) is 0 Å². The van der Waals surface area contributed by atoms with Crippen LogP contribution in [0.4, 0.5) is 0 Å². The van der Waals surface area contributed by atoms with E-state index in [2.05, 4.69) is 20.9 Å². The topological polar surface area (TPSA) is 126 Å². The van der Waals surface area contributed by atoms with Gasteiger partial charge in [0.15, 0.2) is 5.69 Å². The summed E-state index contributed by atoms with van der Waals surface area (Å²) in [5, 5.41) is 20.6. The minimum atomic E-state index is -1.22. The molecule has 1 heterocycles. The van der Waals surface area contributed by atoms with Crippen molar-refractivity contribution in [3.63, 3.8) is 0 Å². The van der Waals surface area contributed by atoms with Gasteiger partial charge in [0, 0.05) is 5.54 Å². The Morgan fingerprint density at radius 2 is 1.95 bits per heavy atom. The number of aromatic carboxylic acids is 1. The largest absolute Gasteiger partial charge is 0.476 e. The summed E-state index contributed by atoms with van der Waals surface area (Å²) in [6.07, 6.45) is 1.14. The monoisotopic (exact) mass is 283 g/mol. The Balaban J connectivity index is 2.40. The van der Waals surface area contributed by atoms with Crippen molar-refractivity contribution in [2.24, 2.45) is 0 Å². The van der Waals surface area contributed by atoms with E-state index in [1.54, 1.807) is 0 Å². The van der Waals surface area contributed by atoms with Crippen LogP contribution in [-0.2, 0) is 16.1 Å². The summed E-state index contributed by atoms with van der Waals surface area (Å²) in [4.78, 5) is 33.6. The number of rotatable bonds is 5. The zero-order valence-corrected chi connectivity index (χ0v) is 11.5. The van der Waals surface area contributed by atoms with Crippen molar-refractivity contribution in [1.82, 2.24) is 25.6 Å². The number of amides is 2. The van der Waals surface area contributed by atoms with Gasteiger partial charge in [0.2, 0.25) is 11.8 Å². The lowest BCUT2D eigenvalue weighted by Gasteiger charge is -2.20. The first-order chi connectivity index (χ1) is 9.17. The van der Waals surface area contributed by atoms with E-state index in [0.717, 1.165) is 10.9 Å². The third-order valence-electron chi connectivity index (χ3n) is 2.02. The number of hydrogen-bond donors (Lipinski definition) is 3. The van der Waals surface area contributed by atoms with Gasteiger partial charge in [0.05, 0.1) is 12.7 Å². The average Bonchev–Trinajstić information content (AvgIpc) is 2.72. The molecule has 0 aliphatic carbocycles. The predicted molar refractivity (Wildman–Crippen MR) is 67.9 cm³/mol. The van der Waals surface area contributed by atoms with Crippen LogP contribution in [0.15, 0.2) is 6.20 Å². The van der Waals surface area contributed by atoms with Crippen molar-refractivity contribution in [3.8, 4) is 0 Å². The van der Waals surface area contributed by atoms with Gasteiger partial charge in [-0.3, -0.25) is 9.59 Å². The van der Waals surface area contributed by atoms with Crippen molar-refractivity contribution in [1.29, 1.82) is 0 Å². The standard InChI is InChI=1S/C11H17N5O4/c1-11(2,3)13-8(17)4-12-9(18)6-16-5-7(10(19)20)14-15-16/h5H,4,6H2,1-3H3,(H,12,18)(H,13,17)(H,19,20). The molecule has 0 radical (unpaired) electrons. The van der Waals surface area contributed by atoms with Crippen LogP contribution in [0, 0.1) is 0 Å². The van der Waals surface area contributed by atoms with E-state index in [1.807, 2.05) is 20.8 Å². The van der Waals surface area contributed by atoms with Gasteiger partial charge in [-0.25, -0.2) is 9.48 Å². The summed E-state index contributed by atoms with van der Waals surface area (Å²) >= 11 is 0. The number of carboxylic acids is 1. The first-order valence-electron chi connectivity index (χ1n) is 5.88. The summed E-state index contributed by atoms with van der Waals surface area (Å²) in [7, 11) is 0. The molecule has 2 amide bonds. The number of carbonyl (C=O) groups excluding carboxylic acids is 2. The molecule has 3 N–H and O–H groups in total. The molecule has 9 heteroatoms. The van der Waals surface area contributed by atoms with Crippen LogP contribution in [0.5, 0.6) is 0 Å². The maximum atomic E-state index is 11.5. The molecule has 1 aromatic rings. The van der Waals surface area contributed by atoms with Gasteiger partial charge >= 0.3 is 5.97 Å². The molecule has 0 aromatic carbocycles. The molecule has 9 nitrogen and oxygen atoms in total. The van der Waals surface area contributed by atoms with E-state index < -0.39 is 11.9 Å². The maximum Gasteiger partial charge on any atom is 0.358 e. The molecular weight excluding hydrogens is 266 g/mol. The quantitative estimate of drug-likeness (QED) is 0.636. The fourth-order valence-corrected chi connectivity index (χ4v) is 1.32. The van der Waals surface area contributed by atoms with E-state index in [9.17, 15) is 14.4 Å². The van der Waals surface area contributed by atoms with Crippen molar-refractivity contribution in [2.75, 3.05) is 6.54 Å². The second kappa shape index (κ2) is 6.13. The van der Waals surface area contributed by atoms with Crippen LogP contribution in [0.3, 0.4) is 0 Å². The van der Waals surface area contributed by atoms with Gasteiger partial charge in [0.1, 0.15) is 6.54 Å². The van der Waals surface area contributed by atoms with Gasteiger partial charge in [-0.2, -0.15) is 0 Å². The molecular formula is C11H17N5O4. The van der Waals surface area contributed by atoms with Crippen molar-refractivity contribution >= 4 is 17.8 Å². The third kappa shape index (κ3) is 5.46. The number of nitrogens with one attached hydrogen (secondary N) is 2. The second-order valence-corrected chi connectivity index (χ2v) is 5.18. The van der Waals surface area contributed by atoms with Crippen LogP contribution in [0.1, 0.15) is 31.3 Å². The molecule has 0 spiro atoms. The van der Waals surface area contributed by atoms with Gasteiger partial charge in [-0.1, -0.05) is 5.21 Å². The minimum absolute atomic E-state index is 0.156. The smallest absolute Gasteiger partial charge is 0.358 e. The summed E-state index contributed by atoms with van der Waals surface area (Å²) in [6, 6.07) is 0. The highest BCUT2D eigenvalue weighted by Crippen LogP contribution is 1.97. The molecule has 0 aliphatic heterocycles. The number of nitrogens with zero attached hydrogens (tertiary/aromatic N) is 3. The van der Waals surface area contributed by atoms with E-state index in [4.69, 9.17) is 5.11 Å². The Bertz CT molecular complexity index is 517. The van der Waals surface area contributed by atoms with E-state index in [1.165, 1.54) is 0 Å². The van der Waals surface area contributed by atoms with Crippen LogP contribution in [0.25, 0.3) is 0 Å². The lowest BCUT2D eigenvalue weighted by Crippen LogP contribution is -2.46. The first kappa shape index (κ1) is 15.6. The van der Waals surface area contributed by atoms with Crippen molar-refractivity contribution in [2.45, 2.75) is 32.9 Å². The summed E-state index contributed by atoms with van der Waals surface area (Å²) in [6.45, 7) is 5.13. The number of hydrogen-bond acceptors (Lipinski definition) is 5. The van der Waals surface area contributed by atoms with Crippen LogP contribution < -0.4 is 10.6 Å². The molecule has 1 aromatic heterocycles. The molecule has 0 fully saturated rings. The summed E-state index contributed by atoms with van der Waals surface area (Å²) in [5.74, 6) is -1.99. The minimum Gasteiger partial charge on any atom is -0.476 e. The number of carbonyl (C=O) groups is 3. The van der Waals surface area contributed by atoms with Crippen LogP contribution >= 0.6 is 0 Å². The highest BCUT2D eigenvalue weighted by molar-refractivity contribution is 5.86. The molecule has 0 saturated heterocycles. The number of aromatic nitrogens is 3. The Morgan fingerprint density at radius 1 is 1.30 bits per heavy atom. The van der Waals surface area contributed by atoms with E-state index in [0.29, 0.717) is 0 Å². The zero-order valence-electron chi connectivity index (χ0n) is 11.5. The van der Waals surface area contributed by atoms with Crippen LogP contribution in [-0.4, -0.2) is 50.0 Å². The zero-order chi connectivity index (χ0) is 15.3. The molecule has 0 unspecified atom stereocenters. The van der Waals surface area contributed by atoms with Crippen LogP contribution in [0.2, 0.25) is 0 Å². The Kier molecular flexibility index (Phi) is 4.78. The van der Waals surface area contributed by atoms with E-state index in [-0.39, 0.29) is 30.2 Å². The SMILES string of the molecule is CC(C)(C)NC(=O)CNC(=O)Cn1cc(C(=O)O)nn1. The molecule has 0 saturated carbocycles. The highest BCUT2D eigenvalue weighted by Gasteiger charge is 2.15. The normalized spacial score (nSPS) is 10.9. The lowest BCUT2D eigenvalue weighted by atomic mass is 10.1. The summed E-state index contributed by atoms with van der Waals surface area (Å²) < 4.78 is 1.08. The molecule has 0 bridgehead atoms. The Morgan fingerprint density at radius 3 is 2.45 bits per heavy atom. The number of carboxylic acid groups (broad SMARTS) is 1.